The van der Waals surface area contributed by atoms with Gasteiger partial charge >= 0.3 is 6.09 Å². The molecule has 3 heterocycles. The van der Waals surface area contributed by atoms with Crippen LogP contribution in [0.2, 0.25) is 0 Å². The van der Waals surface area contributed by atoms with Gasteiger partial charge in [-0.1, -0.05) is 9.59 Å². The summed E-state index contributed by atoms with van der Waals surface area (Å²) >= 11 is 1.24. The van der Waals surface area contributed by atoms with Gasteiger partial charge in [-0.15, -0.1) is 0 Å². The van der Waals surface area contributed by atoms with Crippen LogP contribution in [-0.4, -0.2) is 72.2 Å². The van der Waals surface area contributed by atoms with Gasteiger partial charge < -0.3 is 19.9 Å². The lowest BCUT2D eigenvalue weighted by Crippen LogP contribution is -2.46. The second kappa shape index (κ2) is 8.15. The maximum absolute atomic E-state index is 14.8. The number of halogens is 1. The van der Waals surface area contributed by atoms with Crippen LogP contribution in [0.5, 0.6) is 0 Å². The van der Waals surface area contributed by atoms with Gasteiger partial charge in [-0.25, -0.2) is 9.18 Å². The average molecular weight is 421 g/mol. The number of benzene rings is 1. The zero-order chi connectivity index (χ0) is 20.4. The van der Waals surface area contributed by atoms with Gasteiger partial charge in [0.25, 0.3) is 0 Å². The molecule has 2 aliphatic rings. The molecule has 0 aliphatic carbocycles. The Hall–Kier alpha value is -3.02. The van der Waals surface area contributed by atoms with Crippen LogP contribution in [0.1, 0.15) is 6.92 Å². The molecule has 2 saturated heterocycles. The molecule has 12 heteroatoms. The Kier molecular flexibility index (Phi) is 5.43. The lowest BCUT2D eigenvalue weighted by atomic mass is 10.2. The number of ether oxygens (including phenoxy) is 1. The van der Waals surface area contributed by atoms with Gasteiger partial charge in [0.2, 0.25) is 11.0 Å². The molecule has 29 heavy (non-hydrogen) atoms. The average Bonchev–Trinajstić information content (AvgIpc) is 3.36. The van der Waals surface area contributed by atoms with Gasteiger partial charge in [0.05, 0.1) is 24.5 Å². The number of cyclic esters (lactones) is 1. The Morgan fingerprint density at radius 2 is 2.07 bits per heavy atom. The van der Waals surface area contributed by atoms with Gasteiger partial charge in [0, 0.05) is 44.6 Å². The molecule has 2 fully saturated rings. The van der Waals surface area contributed by atoms with E-state index in [-0.39, 0.29) is 19.0 Å². The van der Waals surface area contributed by atoms with E-state index in [0.717, 1.165) is 5.13 Å². The van der Waals surface area contributed by atoms with Crippen molar-refractivity contribution in [1.82, 2.24) is 20.1 Å². The van der Waals surface area contributed by atoms with Crippen molar-refractivity contribution in [3.05, 3.63) is 24.0 Å². The van der Waals surface area contributed by atoms with E-state index in [9.17, 15) is 14.0 Å². The third-order valence-electron chi connectivity index (χ3n) is 4.88. The number of nitrogens with zero attached hydrogens (tertiary/aromatic N) is 6. The van der Waals surface area contributed by atoms with Gasteiger partial charge in [0.15, 0.2) is 0 Å². The molecule has 4 rings (SSSR count). The number of carbonyl (C=O) groups is 2. The number of rotatable bonds is 5. The summed E-state index contributed by atoms with van der Waals surface area (Å²) < 4.78 is 23.8. The maximum atomic E-state index is 14.8. The molecule has 1 atom stereocenters. The van der Waals surface area contributed by atoms with E-state index in [4.69, 9.17) is 4.74 Å². The number of anilines is 3. The molecule has 1 aromatic heterocycles. The molecule has 0 bridgehead atoms. The van der Waals surface area contributed by atoms with Crippen LogP contribution in [0, 0.1) is 5.82 Å². The third-order valence-corrected chi connectivity index (χ3v) is 5.53. The summed E-state index contributed by atoms with van der Waals surface area (Å²) in [5.41, 5.74) is 0.922. The van der Waals surface area contributed by atoms with Gasteiger partial charge in [-0.05, 0) is 23.4 Å². The topological polar surface area (TPSA) is 104 Å². The van der Waals surface area contributed by atoms with Crippen LogP contribution in [0.25, 0.3) is 0 Å². The molecular weight excluding hydrogens is 401 g/mol. The molecule has 154 valence electrons. The van der Waals surface area contributed by atoms with Crippen molar-refractivity contribution in [1.29, 1.82) is 0 Å². The van der Waals surface area contributed by atoms with Crippen molar-refractivity contribution < 1.29 is 18.7 Å². The van der Waals surface area contributed by atoms with Gasteiger partial charge in [-0.3, -0.25) is 9.69 Å². The highest BCUT2D eigenvalue weighted by atomic mass is 32.1. The molecule has 1 aromatic carbocycles. The van der Waals surface area contributed by atoms with Crippen molar-refractivity contribution in [3.63, 3.8) is 0 Å². The highest BCUT2D eigenvalue weighted by Crippen LogP contribution is 2.29. The first-order valence-corrected chi connectivity index (χ1v) is 9.95. The zero-order valence-corrected chi connectivity index (χ0v) is 16.6. The minimum absolute atomic E-state index is 0.197. The Morgan fingerprint density at radius 1 is 1.31 bits per heavy atom. The zero-order valence-electron chi connectivity index (χ0n) is 15.7. The quantitative estimate of drug-likeness (QED) is 0.758. The monoisotopic (exact) mass is 421 g/mol. The first kappa shape index (κ1) is 19.3. The Morgan fingerprint density at radius 3 is 2.72 bits per heavy atom. The maximum Gasteiger partial charge on any atom is 0.414 e. The molecule has 2 aliphatic heterocycles. The fraction of sp³-hybridized carbons (Fsp3) is 0.471. The first-order valence-electron chi connectivity index (χ1n) is 9.18. The summed E-state index contributed by atoms with van der Waals surface area (Å²) in [5.74, 6) is -0.593. The van der Waals surface area contributed by atoms with Crippen molar-refractivity contribution in [2.24, 2.45) is 0 Å². The van der Waals surface area contributed by atoms with Crippen molar-refractivity contribution in [2.75, 3.05) is 54.0 Å². The van der Waals surface area contributed by atoms with Crippen molar-refractivity contribution in [3.8, 4) is 0 Å². The van der Waals surface area contributed by atoms with Gasteiger partial charge in [0.1, 0.15) is 11.9 Å². The predicted molar refractivity (Wildman–Crippen MR) is 105 cm³/mol. The largest absolute Gasteiger partial charge is 0.442 e. The number of carbonyl (C=O) groups excluding carboxylic acids is 2. The van der Waals surface area contributed by atoms with Gasteiger partial charge in [-0.2, -0.15) is 0 Å². The van der Waals surface area contributed by atoms with Crippen molar-refractivity contribution in [2.45, 2.75) is 13.0 Å². The molecule has 0 unspecified atom stereocenters. The normalized spacial score (nSPS) is 19.4. The highest BCUT2D eigenvalue weighted by molar-refractivity contribution is 7.09. The fourth-order valence-corrected chi connectivity index (χ4v) is 3.92. The number of piperazine rings is 1. The predicted octanol–water partition coefficient (Wildman–Crippen LogP) is 0.860. The summed E-state index contributed by atoms with van der Waals surface area (Å²) in [4.78, 5) is 28.5. The molecule has 10 nitrogen and oxygen atoms in total. The third kappa shape index (κ3) is 4.21. The van der Waals surface area contributed by atoms with E-state index in [1.54, 1.807) is 12.1 Å². The minimum Gasteiger partial charge on any atom is -0.442 e. The molecule has 2 amide bonds. The van der Waals surface area contributed by atoms with Crippen LogP contribution in [0.15, 0.2) is 18.2 Å². The van der Waals surface area contributed by atoms with Crippen LogP contribution in [0.3, 0.4) is 0 Å². The summed E-state index contributed by atoms with van der Waals surface area (Å²) in [7, 11) is 0. The fourth-order valence-electron chi connectivity index (χ4n) is 3.41. The number of hydrogen-bond donors (Lipinski definition) is 1. The van der Waals surface area contributed by atoms with E-state index in [2.05, 4.69) is 25.0 Å². The number of nitrogens with one attached hydrogen (secondary N) is 1. The Bertz CT molecular complexity index is 889. The van der Waals surface area contributed by atoms with E-state index in [0.29, 0.717) is 37.6 Å². The van der Waals surface area contributed by atoms with Crippen LogP contribution in [-0.2, 0) is 9.53 Å². The molecule has 2 aromatic rings. The highest BCUT2D eigenvalue weighted by Gasteiger charge is 2.33. The second-order valence-electron chi connectivity index (χ2n) is 6.81. The first-order chi connectivity index (χ1) is 14.0. The lowest BCUT2D eigenvalue weighted by Gasteiger charge is -2.35. The summed E-state index contributed by atoms with van der Waals surface area (Å²) in [6.07, 6.45) is -1.01. The smallest absolute Gasteiger partial charge is 0.414 e. The molecule has 0 spiro atoms. The Balaban J connectivity index is 1.39. The minimum atomic E-state index is -0.549. The summed E-state index contributed by atoms with van der Waals surface area (Å²) in [6.45, 7) is 4.55. The standard InChI is InChI=1S/C17H20FN7O3S/c1-11(26)19-9-13-10-25(17(27)28-13)12-2-3-15(14(18)8-12)23-4-6-24(7-5-23)16-20-21-22-29-16/h2-3,8,13H,4-7,9-10H2,1H3,(H,19,26)/t13-/m0/s1. The number of amides is 2. The van der Waals surface area contributed by atoms with Crippen molar-refractivity contribution >= 4 is 40.0 Å². The molecule has 0 radical (unpaired) electrons. The summed E-state index contributed by atoms with van der Waals surface area (Å²) in [6, 6.07) is 4.74. The SMILES string of the molecule is CC(=O)NC[C@H]1CN(c2ccc(N3CCN(c4nnns4)CC3)c(F)c2)C(=O)O1. The number of hydrogen-bond acceptors (Lipinski definition) is 9. The van der Waals surface area contributed by atoms with Crippen LogP contribution < -0.4 is 20.0 Å². The van der Waals surface area contributed by atoms with Crippen LogP contribution >= 0.6 is 11.5 Å². The van der Waals surface area contributed by atoms with E-state index in [1.165, 1.54) is 29.4 Å². The molecule has 1 N–H and O–H groups in total. The lowest BCUT2D eigenvalue weighted by molar-refractivity contribution is -0.119. The molecular formula is C17H20FN7O3S. The van der Waals surface area contributed by atoms with E-state index < -0.39 is 18.0 Å². The molecule has 0 saturated carbocycles. The van der Waals surface area contributed by atoms with E-state index >= 15 is 0 Å². The van der Waals surface area contributed by atoms with Crippen LogP contribution in [0.4, 0.5) is 25.7 Å². The Labute approximate surface area is 170 Å². The number of aromatic nitrogens is 3. The summed E-state index contributed by atoms with van der Waals surface area (Å²) in [5, 5.41) is 11.0. The van der Waals surface area contributed by atoms with E-state index in [1.807, 2.05) is 4.90 Å². The second-order valence-corrected chi connectivity index (χ2v) is 7.52.